The molecule has 3 rings (SSSR count). The zero-order valence-corrected chi connectivity index (χ0v) is 16.9. The average Bonchev–Trinajstić information content (AvgIpc) is 2.92. The molecule has 4 nitrogen and oxygen atoms in total. The molecule has 0 saturated heterocycles. The molecule has 1 aromatic carbocycles. The summed E-state index contributed by atoms with van der Waals surface area (Å²) in [7, 11) is 0. The van der Waals surface area contributed by atoms with E-state index in [1.54, 1.807) is 6.92 Å². The van der Waals surface area contributed by atoms with Crippen LogP contribution in [-0.2, 0) is 14.3 Å². The Labute approximate surface area is 169 Å². The zero-order chi connectivity index (χ0) is 21.2. The summed E-state index contributed by atoms with van der Waals surface area (Å²) in [6.45, 7) is 5.00. The standard InChI is InChI=1S/C23H25F2NO3/c1-4-5-16-10-14(2)20(15(3)11-16)21-18(12-27)23(26-22(21)28)8-6-17(7-9-23)29-13-19(24)25/h10-12,17,19H,6-9,13H2,1-3H3,(H,26,28). The van der Waals surface area contributed by atoms with Gasteiger partial charge in [-0.05, 0) is 75.3 Å². The van der Waals surface area contributed by atoms with Gasteiger partial charge in [-0.2, -0.15) is 0 Å². The van der Waals surface area contributed by atoms with Gasteiger partial charge in [0, 0.05) is 11.1 Å². The highest BCUT2D eigenvalue weighted by Crippen LogP contribution is 2.43. The predicted octanol–water partition coefficient (Wildman–Crippen LogP) is 3.72. The van der Waals surface area contributed by atoms with Gasteiger partial charge in [0.15, 0.2) is 0 Å². The van der Waals surface area contributed by atoms with Gasteiger partial charge in [-0.25, -0.2) is 8.78 Å². The molecule has 1 saturated carbocycles. The summed E-state index contributed by atoms with van der Waals surface area (Å²) in [4.78, 5) is 25.0. The molecule has 0 radical (unpaired) electrons. The number of aldehydes is 1. The van der Waals surface area contributed by atoms with Crippen LogP contribution in [-0.4, -0.2) is 36.9 Å². The number of nitrogens with one attached hydrogen (secondary N) is 1. The number of carbonyl (C=O) groups is 2. The zero-order valence-electron chi connectivity index (χ0n) is 16.9. The maximum atomic E-state index is 12.9. The van der Waals surface area contributed by atoms with E-state index in [9.17, 15) is 18.4 Å². The predicted molar refractivity (Wildman–Crippen MR) is 107 cm³/mol. The molecule has 1 N–H and O–H groups in total. The van der Waals surface area contributed by atoms with Crippen molar-refractivity contribution in [3.05, 3.63) is 40.0 Å². The molecule has 1 aliphatic heterocycles. The molecule has 1 amide bonds. The van der Waals surface area contributed by atoms with E-state index in [1.165, 1.54) is 0 Å². The third-order valence-electron chi connectivity index (χ3n) is 5.78. The highest BCUT2D eigenvalue weighted by molar-refractivity contribution is 6.28. The molecule has 2 aliphatic rings. The Bertz CT molecular complexity index is 893. The van der Waals surface area contributed by atoms with E-state index in [-0.39, 0.29) is 12.0 Å². The Hall–Kier alpha value is -2.52. The molecule has 6 heteroatoms. The fraction of sp³-hybridized carbons (Fsp3) is 0.478. The van der Waals surface area contributed by atoms with Crippen LogP contribution in [0.2, 0.25) is 0 Å². The maximum absolute atomic E-state index is 12.9. The molecular weight excluding hydrogens is 376 g/mol. The monoisotopic (exact) mass is 401 g/mol. The van der Waals surface area contributed by atoms with Crippen molar-refractivity contribution in [2.75, 3.05) is 6.61 Å². The second kappa shape index (κ2) is 8.46. The third kappa shape index (κ3) is 4.11. The number of hydrogen-bond acceptors (Lipinski definition) is 3. The first-order valence-corrected chi connectivity index (χ1v) is 9.78. The number of alkyl halides is 2. The maximum Gasteiger partial charge on any atom is 0.261 e. The Morgan fingerprint density at radius 3 is 2.41 bits per heavy atom. The van der Waals surface area contributed by atoms with E-state index in [0.717, 1.165) is 28.5 Å². The topological polar surface area (TPSA) is 55.4 Å². The summed E-state index contributed by atoms with van der Waals surface area (Å²) >= 11 is 0. The molecule has 0 bridgehead atoms. The van der Waals surface area contributed by atoms with Crippen molar-refractivity contribution in [3.63, 3.8) is 0 Å². The quantitative estimate of drug-likeness (QED) is 0.604. The fourth-order valence-corrected chi connectivity index (χ4v) is 4.56. The first-order valence-electron chi connectivity index (χ1n) is 9.78. The van der Waals surface area contributed by atoms with Crippen LogP contribution in [0.15, 0.2) is 17.7 Å². The van der Waals surface area contributed by atoms with E-state index < -0.39 is 18.6 Å². The van der Waals surface area contributed by atoms with Crippen LogP contribution in [0.5, 0.6) is 0 Å². The highest BCUT2D eigenvalue weighted by atomic mass is 19.3. The van der Waals surface area contributed by atoms with Crippen LogP contribution >= 0.6 is 0 Å². The van der Waals surface area contributed by atoms with Crippen LogP contribution in [0, 0.1) is 25.7 Å². The summed E-state index contributed by atoms with van der Waals surface area (Å²) in [6, 6.07) is 3.84. The number of rotatable bonds is 5. The number of hydrogen-bond donors (Lipinski definition) is 1. The molecule has 1 aromatic rings. The molecule has 1 aliphatic carbocycles. The Balaban J connectivity index is 1.95. The van der Waals surface area contributed by atoms with Gasteiger partial charge in [-0.1, -0.05) is 5.92 Å². The van der Waals surface area contributed by atoms with Crippen LogP contribution in [0.25, 0.3) is 5.57 Å². The third-order valence-corrected chi connectivity index (χ3v) is 5.78. The molecule has 0 atom stereocenters. The van der Waals surface area contributed by atoms with Crippen molar-refractivity contribution >= 4 is 17.8 Å². The van der Waals surface area contributed by atoms with Crippen LogP contribution < -0.4 is 5.32 Å². The second-order valence-corrected chi connectivity index (χ2v) is 7.73. The summed E-state index contributed by atoms with van der Waals surface area (Å²) in [5.41, 5.74) is 3.52. The molecule has 29 heavy (non-hydrogen) atoms. The lowest BCUT2D eigenvalue weighted by Gasteiger charge is -2.37. The van der Waals surface area contributed by atoms with Crippen molar-refractivity contribution < 1.29 is 23.1 Å². The smallest absolute Gasteiger partial charge is 0.261 e. The van der Waals surface area contributed by atoms with E-state index in [4.69, 9.17) is 4.74 Å². The van der Waals surface area contributed by atoms with E-state index in [0.29, 0.717) is 36.8 Å². The first-order chi connectivity index (χ1) is 13.8. The highest BCUT2D eigenvalue weighted by Gasteiger charge is 2.47. The van der Waals surface area contributed by atoms with Gasteiger partial charge in [0.2, 0.25) is 0 Å². The minimum atomic E-state index is -2.50. The van der Waals surface area contributed by atoms with E-state index >= 15 is 0 Å². The normalized spacial score (nSPS) is 23.9. The molecule has 0 unspecified atom stereocenters. The second-order valence-electron chi connectivity index (χ2n) is 7.73. The number of halogens is 2. The van der Waals surface area contributed by atoms with Gasteiger partial charge < -0.3 is 10.1 Å². The lowest BCUT2D eigenvalue weighted by Crippen LogP contribution is -2.48. The molecule has 1 heterocycles. The number of ether oxygens (including phenoxy) is 1. The summed E-state index contributed by atoms with van der Waals surface area (Å²) < 4.78 is 30.0. The average molecular weight is 401 g/mol. The minimum absolute atomic E-state index is 0.264. The summed E-state index contributed by atoms with van der Waals surface area (Å²) in [5, 5.41) is 3.02. The van der Waals surface area contributed by atoms with Crippen molar-refractivity contribution in [3.8, 4) is 11.8 Å². The van der Waals surface area contributed by atoms with E-state index in [1.807, 2.05) is 26.0 Å². The molecule has 0 aromatic heterocycles. The van der Waals surface area contributed by atoms with Crippen molar-refractivity contribution in [2.45, 2.75) is 64.5 Å². The van der Waals surface area contributed by atoms with Gasteiger partial charge in [0.25, 0.3) is 12.3 Å². The SMILES string of the molecule is CC#Cc1cc(C)c(C2=C(C=O)C3(CCC(OCC(F)F)CC3)NC2=O)c(C)c1. The lowest BCUT2D eigenvalue weighted by atomic mass is 9.75. The van der Waals surface area contributed by atoms with Gasteiger partial charge >= 0.3 is 0 Å². The largest absolute Gasteiger partial charge is 0.372 e. The van der Waals surface area contributed by atoms with Crippen LogP contribution in [0.3, 0.4) is 0 Å². The molecule has 1 spiro atoms. The van der Waals surface area contributed by atoms with Crippen molar-refractivity contribution in [1.82, 2.24) is 5.32 Å². The van der Waals surface area contributed by atoms with Crippen molar-refractivity contribution in [2.24, 2.45) is 0 Å². The van der Waals surface area contributed by atoms with Gasteiger partial charge in [-0.3, -0.25) is 9.59 Å². The Kier molecular flexibility index (Phi) is 6.18. The summed E-state index contributed by atoms with van der Waals surface area (Å²) in [5.74, 6) is 5.63. The number of amides is 1. The van der Waals surface area contributed by atoms with Gasteiger partial charge in [0.05, 0.1) is 17.2 Å². The first kappa shape index (κ1) is 21.2. The molecule has 1 fully saturated rings. The fourth-order valence-electron chi connectivity index (χ4n) is 4.56. The Morgan fingerprint density at radius 1 is 1.28 bits per heavy atom. The van der Waals surface area contributed by atoms with Crippen LogP contribution in [0.1, 0.15) is 54.9 Å². The molecular formula is C23H25F2NO3. The summed E-state index contributed by atoms with van der Waals surface area (Å²) in [6.07, 6.45) is -0.00379. The van der Waals surface area contributed by atoms with Gasteiger partial charge in [0.1, 0.15) is 12.9 Å². The van der Waals surface area contributed by atoms with E-state index in [2.05, 4.69) is 17.2 Å². The minimum Gasteiger partial charge on any atom is -0.372 e. The number of carbonyl (C=O) groups excluding carboxylic acids is 2. The van der Waals surface area contributed by atoms with Crippen molar-refractivity contribution in [1.29, 1.82) is 0 Å². The lowest BCUT2D eigenvalue weighted by molar-refractivity contribution is -0.116. The Morgan fingerprint density at radius 2 is 1.90 bits per heavy atom. The van der Waals surface area contributed by atoms with Crippen LogP contribution in [0.4, 0.5) is 8.78 Å². The van der Waals surface area contributed by atoms with Gasteiger partial charge in [-0.15, -0.1) is 5.92 Å². The molecule has 154 valence electrons. The number of aryl methyl sites for hydroxylation is 2. The number of benzene rings is 1.